The standard InChI is InChI=1S/C15H28N2O2/c1-11-8-13(6-7-16(11)5)14(18)17-9-12(2)19-15(3,4)10-17/h11-13H,6-10H2,1-5H3/t11-,12?,13-/m0/s1. The molecule has 2 aliphatic heterocycles. The molecule has 1 unspecified atom stereocenters. The van der Waals surface area contributed by atoms with Gasteiger partial charge in [0.15, 0.2) is 0 Å². The van der Waals surface area contributed by atoms with E-state index in [1.165, 1.54) is 0 Å². The number of likely N-dealkylation sites (tertiary alicyclic amines) is 1. The smallest absolute Gasteiger partial charge is 0.225 e. The normalized spacial score (nSPS) is 36.3. The van der Waals surface area contributed by atoms with E-state index in [1.807, 2.05) is 4.90 Å². The summed E-state index contributed by atoms with van der Waals surface area (Å²) in [5.74, 6) is 0.537. The molecule has 3 atom stereocenters. The maximum Gasteiger partial charge on any atom is 0.225 e. The number of carbonyl (C=O) groups excluding carboxylic acids is 1. The van der Waals surface area contributed by atoms with Crippen LogP contribution >= 0.6 is 0 Å². The zero-order valence-corrected chi connectivity index (χ0v) is 13.0. The van der Waals surface area contributed by atoms with Crippen LogP contribution in [0.5, 0.6) is 0 Å². The van der Waals surface area contributed by atoms with Crippen LogP contribution in [-0.2, 0) is 9.53 Å². The van der Waals surface area contributed by atoms with Crippen molar-refractivity contribution in [2.24, 2.45) is 5.92 Å². The predicted octanol–water partition coefficient (Wildman–Crippen LogP) is 1.74. The Labute approximate surface area is 117 Å². The molecule has 0 radical (unpaired) electrons. The lowest BCUT2D eigenvalue weighted by Crippen LogP contribution is -2.56. The summed E-state index contributed by atoms with van der Waals surface area (Å²) in [6.07, 6.45) is 2.12. The molecule has 0 N–H and O–H groups in total. The third-order valence-electron chi connectivity index (χ3n) is 4.44. The Hall–Kier alpha value is -0.610. The second-order valence-electron chi connectivity index (χ2n) is 6.96. The van der Waals surface area contributed by atoms with Crippen LogP contribution in [0.15, 0.2) is 0 Å². The van der Waals surface area contributed by atoms with Gasteiger partial charge in [-0.2, -0.15) is 0 Å². The lowest BCUT2D eigenvalue weighted by Gasteiger charge is -2.44. The first-order chi connectivity index (χ1) is 8.78. The van der Waals surface area contributed by atoms with E-state index >= 15 is 0 Å². The second kappa shape index (κ2) is 5.41. The molecule has 4 heteroatoms. The average Bonchev–Trinajstić information content (AvgIpc) is 2.29. The van der Waals surface area contributed by atoms with E-state index in [2.05, 4.69) is 39.6 Å². The molecule has 2 fully saturated rings. The van der Waals surface area contributed by atoms with Crippen LogP contribution in [0, 0.1) is 5.92 Å². The number of morpholine rings is 1. The second-order valence-corrected chi connectivity index (χ2v) is 6.96. The van der Waals surface area contributed by atoms with Gasteiger partial charge in [0.05, 0.1) is 11.7 Å². The van der Waals surface area contributed by atoms with Gasteiger partial charge in [-0.3, -0.25) is 4.79 Å². The first kappa shape index (κ1) is 14.8. The molecule has 1 amide bonds. The highest BCUT2D eigenvalue weighted by Gasteiger charge is 2.37. The number of ether oxygens (including phenoxy) is 1. The Bertz CT molecular complexity index is 343. The van der Waals surface area contributed by atoms with E-state index in [9.17, 15) is 4.79 Å². The minimum atomic E-state index is -0.218. The van der Waals surface area contributed by atoms with Crippen LogP contribution in [0.3, 0.4) is 0 Å². The van der Waals surface area contributed by atoms with Crippen molar-refractivity contribution < 1.29 is 9.53 Å². The first-order valence-electron chi connectivity index (χ1n) is 7.45. The number of hydrogen-bond acceptors (Lipinski definition) is 3. The number of nitrogens with zero attached hydrogens (tertiary/aromatic N) is 2. The fourth-order valence-electron chi connectivity index (χ4n) is 3.39. The molecule has 0 aromatic rings. The van der Waals surface area contributed by atoms with Gasteiger partial charge >= 0.3 is 0 Å². The third-order valence-corrected chi connectivity index (χ3v) is 4.44. The zero-order chi connectivity index (χ0) is 14.2. The van der Waals surface area contributed by atoms with E-state index in [-0.39, 0.29) is 17.6 Å². The molecule has 0 spiro atoms. The van der Waals surface area contributed by atoms with Gasteiger partial charge in [0.25, 0.3) is 0 Å². The van der Waals surface area contributed by atoms with Crippen LogP contribution in [0.25, 0.3) is 0 Å². The topological polar surface area (TPSA) is 32.8 Å². The summed E-state index contributed by atoms with van der Waals surface area (Å²) in [4.78, 5) is 17.1. The van der Waals surface area contributed by atoms with E-state index in [1.54, 1.807) is 0 Å². The zero-order valence-electron chi connectivity index (χ0n) is 13.0. The summed E-state index contributed by atoms with van der Waals surface area (Å²) in [5, 5.41) is 0. The third kappa shape index (κ3) is 3.48. The molecular formula is C15H28N2O2. The summed E-state index contributed by atoms with van der Waals surface area (Å²) in [6.45, 7) is 10.9. The van der Waals surface area contributed by atoms with Crippen LogP contribution < -0.4 is 0 Å². The number of amides is 1. The molecule has 2 saturated heterocycles. The van der Waals surface area contributed by atoms with Crippen LogP contribution in [0.2, 0.25) is 0 Å². The molecule has 0 bridgehead atoms. The van der Waals surface area contributed by atoms with Crippen LogP contribution in [0.1, 0.15) is 40.5 Å². The summed E-state index contributed by atoms with van der Waals surface area (Å²) in [7, 11) is 2.14. The summed E-state index contributed by atoms with van der Waals surface area (Å²) < 4.78 is 5.88. The average molecular weight is 268 g/mol. The van der Waals surface area contributed by atoms with E-state index in [0.29, 0.717) is 11.9 Å². The van der Waals surface area contributed by atoms with Gasteiger partial charge in [-0.25, -0.2) is 0 Å². The summed E-state index contributed by atoms with van der Waals surface area (Å²) >= 11 is 0. The quantitative estimate of drug-likeness (QED) is 0.726. The molecule has 0 saturated carbocycles. The lowest BCUT2D eigenvalue weighted by molar-refractivity contribution is -0.163. The predicted molar refractivity (Wildman–Crippen MR) is 76.0 cm³/mol. The lowest BCUT2D eigenvalue weighted by atomic mass is 9.90. The molecule has 2 heterocycles. The first-order valence-corrected chi connectivity index (χ1v) is 7.45. The van der Waals surface area contributed by atoms with Crippen molar-refractivity contribution in [1.82, 2.24) is 9.80 Å². The maximum absolute atomic E-state index is 12.7. The molecule has 4 nitrogen and oxygen atoms in total. The largest absolute Gasteiger partial charge is 0.369 e. The van der Waals surface area contributed by atoms with Crippen LogP contribution in [-0.4, -0.2) is 60.1 Å². The van der Waals surface area contributed by atoms with E-state index in [0.717, 1.165) is 32.5 Å². The van der Waals surface area contributed by atoms with Gasteiger partial charge in [-0.15, -0.1) is 0 Å². The van der Waals surface area contributed by atoms with Crippen molar-refractivity contribution in [3.63, 3.8) is 0 Å². The minimum Gasteiger partial charge on any atom is -0.369 e. The Kier molecular flexibility index (Phi) is 4.21. The van der Waals surface area contributed by atoms with Gasteiger partial charge in [-0.05, 0) is 54.1 Å². The van der Waals surface area contributed by atoms with Gasteiger partial charge < -0.3 is 14.5 Å². The minimum absolute atomic E-state index is 0.136. The summed E-state index contributed by atoms with van der Waals surface area (Å²) in [5.41, 5.74) is -0.218. The fraction of sp³-hybridized carbons (Fsp3) is 0.933. The summed E-state index contributed by atoms with van der Waals surface area (Å²) in [6, 6.07) is 0.508. The van der Waals surface area contributed by atoms with Gasteiger partial charge in [0, 0.05) is 25.0 Å². The molecule has 110 valence electrons. The number of piperidine rings is 1. The maximum atomic E-state index is 12.7. The highest BCUT2D eigenvalue weighted by Crippen LogP contribution is 2.27. The Morgan fingerprint density at radius 2 is 2.00 bits per heavy atom. The molecule has 2 aliphatic rings. The highest BCUT2D eigenvalue weighted by atomic mass is 16.5. The fourth-order valence-corrected chi connectivity index (χ4v) is 3.39. The van der Waals surface area contributed by atoms with Crippen molar-refractivity contribution in [2.45, 2.75) is 58.3 Å². The molecule has 2 rings (SSSR count). The van der Waals surface area contributed by atoms with Crippen molar-refractivity contribution >= 4 is 5.91 Å². The number of hydrogen-bond donors (Lipinski definition) is 0. The Morgan fingerprint density at radius 1 is 1.32 bits per heavy atom. The highest BCUT2D eigenvalue weighted by molar-refractivity contribution is 5.79. The van der Waals surface area contributed by atoms with Crippen molar-refractivity contribution in [3.05, 3.63) is 0 Å². The van der Waals surface area contributed by atoms with Crippen molar-refractivity contribution in [1.29, 1.82) is 0 Å². The monoisotopic (exact) mass is 268 g/mol. The Balaban J connectivity index is 1.99. The molecule has 0 aliphatic carbocycles. The Morgan fingerprint density at radius 3 is 2.58 bits per heavy atom. The molecular weight excluding hydrogens is 240 g/mol. The number of rotatable bonds is 1. The van der Waals surface area contributed by atoms with Crippen molar-refractivity contribution in [3.8, 4) is 0 Å². The SMILES string of the molecule is CC1CN(C(=O)[C@H]2CCN(C)[C@@H](C)C2)CC(C)(C)O1. The van der Waals surface area contributed by atoms with Gasteiger partial charge in [0.2, 0.25) is 5.91 Å². The van der Waals surface area contributed by atoms with Gasteiger partial charge in [0.1, 0.15) is 0 Å². The van der Waals surface area contributed by atoms with Gasteiger partial charge in [-0.1, -0.05) is 0 Å². The van der Waals surface area contributed by atoms with Crippen LogP contribution in [0.4, 0.5) is 0 Å². The molecule has 0 aromatic carbocycles. The number of carbonyl (C=O) groups is 1. The van der Waals surface area contributed by atoms with Crippen molar-refractivity contribution in [2.75, 3.05) is 26.7 Å². The molecule has 19 heavy (non-hydrogen) atoms. The van der Waals surface area contributed by atoms with E-state index in [4.69, 9.17) is 4.74 Å². The van der Waals surface area contributed by atoms with E-state index < -0.39 is 0 Å². The molecule has 0 aromatic heterocycles.